The summed E-state index contributed by atoms with van der Waals surface area (Å²) in [5, 5.41) is 7.33. The van der Waals surface area contributed by atoms with Crippen LogP contribution >= 0.6 is 23.3 Å². The predicted octanol–water partition coefficient (Wildman–Crippen LogP) is 6.86. The second-order valence-corrected chi connectivity index (χ2v) is 15.6. The Morgan fingerprint density at radius 1 is 1.09 bits per heavy atom. The van der Waals surface area contributed by atoms with Gasteiger partial charge in [0, 0.05) is 41.5 Å². The molecular weight excluding hydrogens is 603 g/mol. The molecule has 4 rings (SSSR count). The van der Waals surface area contributed by atoms with Crippen molar-refractivity contribution in [2.24, 2.45) is 0 Å². The Hall–Kier alpha value is -2.64. The number of rotatable bonds is 12. The highest BCUT2D eigenvalue weighted by Crippen LogP contribution is 2.40. The second kappa shape index (κ2) is 14.9. The molecule has 1 heterocycles. The number of aromatic nitrogens is 1. The minimum absolute atomic E-state index is 0.0913. The largest absolute Gasteiger partial charge is 0.447 e. The van der Waals surface area contributed by atoms with Crippen molar-refractivity contribution in [1.82, 2.24) is 20.3 Å². The molecule has 0 aliphatic heterocycles. The molecule has 0 radical (unpaired) electrons. The Balaban J connectivity index is 1.44. The van der Waals surface area contributed by atoms with Gasteiger partial charge in [-0.2, -0.15) is 0 Å². The number of carbonyl (C=O) groups is 1. The highest BCUT2D eigenvalue weighted by atomic mass is 32.2. The fourth-order valence-corrected chi connectivity index (χ4v) is 8.36. The topological polar surface area (TPSA) is 121 Å². The lowest BCUT2D eigenvalue weighted by molar-refractivity contribution is 0.109. The van der Waals surface area contributed by atoms with E-state index in [2.05, 4.69) is 32.2 Å². The molecule has 1 saturated carbocycles. The standard InChI is InChI=1S/C31H43N5O4S3/c1-21(2)40-30(37)34-24-13-11-23(12-14-24)29-33-19-27(42-29)26-16-15-25(17-28(26)43(38,39)36-31(3,4)5)35-41-20-32-18-22-9-7-6-8-10-22/h6-10,15-17,19,21,23-24,32,35-36H,11-14,18,20H2,1-5H3,(H,34,37). The number of hydrogen-bond donors (Lipinski definition) is 4. The van der Waals surface area contributed by atoms with E-state index in [0.29, 0.717) is 17.1 Å². The molecule has 1 amide bonds. The third kappa shape index (κ3) is 10.2. The molecule has 43 heavy (non-hydrogen) atoms. The van der Waals surface area contributed by atoms with Gasteiger partial charge in [0.1, 0.15) is 0 Å². The number of carbonyl (C=O) groups excluding carboxylic acids is 1. The second-order valence-electron chi connectivity index (χ2n) is 12.1. The monoisotopic (exact) mass is 645 g/mol. The number of anilines is 1. The number of benzene rings is 2. The van der Waals surface area contributed by atoms with Crippen LogP contribution in [0.4, 0.5) is 10.5 Å². The summed E-state index contributed by atoms with van der Waals surface area (Å²) < 4.78 is 38.5. The molecule has 12 heteroatoms. The van der Waals surface area contributed by atoms with Crippen LogP contribution in [-0.4, -0.2) is 43.1 Å². The van der Waals surface area contributed by atoms with Gasteiger partial charge >= 0.3 is 6.09 Å². The SMILES string of the molecule is CC(C)OC(=O)NC1CCC(c2ncc(-c3ccc(NSCNCc4ccccc4)cc3S(=O)(=O)NC(C)(C)C)s2)CC1. The van der Waals surface area contributed by atoms with Crippen LogP contribution in [0.15, 0.2) is 59.6 Å². The van der Waals surface area contributed by atoms with Crippen molar-refractivity contribution in [3.05, 3.63) is 65.3 Å². The summed E-state index contributed by atoms with van der Waals surface area (Å²) >= 11 is 3.01. The van der Waals surface area contributed by atoms with Gasteiger partial charge in [0.2, 0.25) is 10.0 Å². The molecule has 3 aromatic rings. The summed E-state index contributed by atoms with van der Waals surface area (Å²) in [4.78, 5) is 17.7. The highest BCUT2D eigenvalue weighted by molar-refractivity contribution is 8.00. The lowest BCUT2D eigenvalue weighted by Crippen LogP contribution is -2.40. The lowest BCUT2D eigenvalue weighted by atomic mass is 9.86. The minimum atomic E-state index is -3.82. The quantitative estimate of drug-likeness (QED) is 0.0959. The number of nitrogens with zero attached hydrogens (tertiary/aromatic N) is 1. The summed E-state index contributed by atoms with van der Waals surface area (Å²) in [6.07, 6.45) is 4.75. The zero-order valence-electron chi connectivity index (χ0n) is 25.5. The highest BCUT2D eigenvalue weighted by Gasteiger charge is 2.29. The third-order valence-electron chi connectivity index (χ3n) is 6.78. The first-order valence-electron chi connectivity index (χ1n) is 14.6. The first-order chi connectivity index (χ1) is 20.4. The molecular formula is C31H43N5O4S3. The average Bonchev–Trinajstić information content (AvgIpc) is 3.42. The van der Waals surface area contributed by atoms with E-state index < -0.39 is 15.6 Å². The summed E-state index contributed by atoms with van der Waals surface area (Å²) in [5.41, 5.74) is 1.90. The normalized spacial score (nSPS) is 17.5. The van der Waals surface area contributed by atoms with Crippen molar-refractivity contribution in [1.29, 1.82) is 0 Å². The van der Waals surface area contributed by atoms with Crippen molar-refractivity contribution >= 4 is 45.1 Å². The summed E-state index contributed by atoms with van der Waals surface area (Å²) in [7, 11) is -3.82. The Labute approximate surface area is 264 Å². The van der Waals surface area contributed by atoms with E-state index in [9.17, 15) is 13.2 Å². The summed E-state index contributed by atoms with van der Waals surface area (Å²) in [6, 6.07) is 15.7. The maximum Gasteiger partial charge on any atom is 0.407 e. The van der Waals surface area contributed by atoms with Gasteiger partial charge in [0.25, 0.3) is 0 Å². The van der Waals surface area contributed by atoms with E-state index >= 15 is 0 Å². The molecule has 4 N–H and O–H groups in total. The molecule has 1 fully saturated rings. The number of alkyl carbamates (subject to hydrolysis) is 1. The zero-order chi connectivity index (χ0) is 31.0. The van der Waals surface area contributed by atoms with Gasteiger partial charge in [-0.25, -0.2) is 22.9 Å². The van der Waals surface area contributed by atoms with Gasteiger partial charge in [-0.3, -0.25) is 0 Å². The van der Waals surface area contributed by atoms with Gasteiger partial charge in [-0.1, -0.05) is 36.4 Å². The number of hydrogen-bond acceptors (Lipinski definition) is 9. The number of amides is 1. The van der Waals surface area contributed by atoms with Crippen LogP contribution < -0.4 is 20.1 Å². The van der Waals surface area contributed by atoms with E-state index in [1.165, 1.54) is 17.5 Å². The Bertz CT molecular complexity index is 1450. The molecule has 1 aromatic heterocycles. The number of sulfonamides is 1. The lowest BCUT2D eigenvalue weighted by Gasteiger charge is -2.28. The molecule has 1 aliphatic carbocycles. The van der Waals surface area contributed by atoms with E-state index in [1.807, 2.05) is 65.0 Å². The molecule has 0 saturated heterocycles. The van der Waals surface area contributed by atoms with Crippen molar-refractivity contribution in [3.8, 4) is 10.4 Å². The van der Waals surface area contributed by atoms with Crippen molar-refractivity contribution in [3.63, 3.8) is 0 Å². The third-order valence-corrected chi connectivity index (χ3v) is 10.5. The van der Waals surface area contributed by atoms with Crippen LogP contribution in [0.5, 0.6) is 0 Å². The van der Waals surface area contributed by atoms with Gasteiger partial charge in [0.05, 0.1) is 26.8 Å². The van der Waals surface area contributed by atoms with Crippen LogP contribution in [0.1, 0.15) is 76.8 Å². The van der Waals surface area contributed by atoms with Crippen molar-refractivity contribution in [2.45, 2.75) is 95.3 Å². The number of ether oxygens (including phenoxy) is 1. The Morgan fingerprint density at radius 3 is 2.49 bits per heavy atom. The molecule has 2 aromatic carbocycles. The Kier molecular flexibility index (Phi) is 11.5. The molecule has 234 valence electrons. The number of nitrogens with one attached hydrogen (secondary N) is 4. The van der Waals surface area contributed by atoms with E-state index in [0.717, 1.165) is 42.1 Å². The maximum atomic E-state index is 13.6. The van der Waals surface area contributed by atoms with Crippen LogP contribution in [0, 0.1) is 0 Å². The molecule has 0 spiro atoms. The van der Waals surface area contributed by atoms with Gasteiger partial charge in [0.15, 0.2) is 0 Å². The first kappa shape index (κ1) is 33.3. The summed E-state index contributed by atoms with van der Waals surface area (Å²) in [5.74, 6) is 0.916. The average molecular weight is 646 g/mol. The van der Waals surface area contributed by atoms with E-state index in [4.69, 9.17) is 9.72 Å². The van der Waals surface area contributed by atoms with Crippen molar-refractivity contribution < 1.29 is 17.9 Å². The molecule has 0 atom stereocenters. The molecule has 0 bridgehead atoms. The minimum Gasteiger partial charge on any atom is -0.447 e. The molecule has 9 nitrogen and oxygen atoms in total. The maximum absolute atomic E-state index is 13.6. The van der Waals surface area contributed by atoms with Gasteiger partial charge in [-0.05, 0) is 89.9 Å². The van der Waals surface area contributed by atoms with E-state index in [1.54, 1.807) is 23.6 Å². The van der Waals surface area contributed by atoms with Crippen LogP contribution in [0.25, 0.3) is 10.4 Å². The van der Waals surface area contributed by atoms with Crippen LogP contribution in [-0.2, 0) is 21.3 Å². The molecule has 0 unspecified atom stereocenters. The first-order valence-corrected chi connectivity index (χ1v) is 17.9. The molecule has 1 aliphatic rings. The Morgan fingerprint density at radius 2 is 1.81 bits per heavy atom. The van der Waals surface area contributed by atoms with Crippen LogP contribution in [0.3, 0.4) is 0 Å². The fourth-order valence-electron chi connectivity index (χ4n) is 4.93. The summed E-state index contributed by atoms with van der Waals surface area (Å²) in [6.45, 7) is 9.92. The van der Waals surface area contributed by atoms with Gasteiger partial charge < -0.3 is 20.1 Å². The van der Waals surface area contributed by atoms with Gasteiger partial charge in [-0.15, -0.1) is 11.3 Å². The smallest absolute Gasteiger partial charge is 0.407 e. The predicted molar refractivity (Wildman–Crippen MR) is 177 cm³/mol. The van der Waals surface area contributed by atoms with E-state index in [-0.39, 0.29) is 29.1 Å². The van der Waals surface area contributed by atoms with Crippen LogP contribution in [0.2, 0.25) is 0 Å². The van der Waals surface area contributed by atoms with Crippen molar-refractivity contribution in [2.75, 3.05) is 10.6 Å². The zero-order valence-corrected chi connectivity index (χ0v) is 27.9. The fraction of sp³-hybridized carbons (Fsp3) is 0.484. The number of thiazole rings is 1.